The van der Waals surface area contributed by atoms with Crippen molar-refractivity contribution in [1.82, 2.24) is 15.1 Å². The molecule has 2 aromatic rings. The largest absolute Gasteiger partial charge is 0.306 e. The van der Waals surface area contributed by atoms with E-state index in [4.69, 9.17) is 0 Å². The van der Waals surface area contributed by atoms with Crippen LogP contribution in [0.2, 0.25) is 0 Å². The van der Waals surface area contributed by atoms with E-state index >= 15 is 0 Å². The van der Waals surface area contributed by atoms with Crippen LogP contribution in [0.1, 0.15) is 36.6 Å². The van der Waals surface area contributed by atoms with E-state index in [1.807, 2.05) is 36.1 Å². The number of aryl methyl sites for hydroxylation is 2. The molecule has 1 aromatic heterocycles. The third-order valence-electron chi connectivity index (χ3n) is 3.32. The summed E-state index contributed by atoms with van der Waals surface area (Å²) < 4.78 is 15.4. The van der Waals surface area contributed by atoms with Gasteiger partial charge >= 0.3 is 0 Å². The molecule has 4 heteroatoms. The monoisotopic (exact) mass is 261 g/mol. The molecule has 102 valence electrons. The molecule has 0 spiro atoms. The van der Waals surface area contributed by atoms with Crippen molar-refractivity contribution in [3.05, 3.63) is 53.1 Å². The minimum Gasteiger partial charge on any atom is -0.306 e. The molecular weight excluding hydrogens is 241 g/mol. The van der Waals surface area contributed by atoms with E-state index in [0.29, 0.717) is 5.56 Å². The van der Waals surface area contributed by atoms with Gasteiger partial charge in [-0.25, -0.2) is 4.39 Å². The van der Waals surface area contributed by atoms with Gasteiger partial charge in [-0.15, -0.1) is 0 Å². The Kier molecular flexibility index (Phi) is 4.32. The molecule has 0 aliphatic rings. The van der Waals surface area contributed by atoms with Crippen LogP contribution in [0, 0.1) is 12.7 Å². The highest BCUT2D eigenvalue weighted by molar-refractivity contribution is 5.25. The summed E-state index contributed by atoms with van der Waals surface area (Å²) in [7, 11) is 0. The van der Waals surface area contributed by atoms with Gasteiger partial charge in [-0.1, -0.05) is 12.1 Å². The third kappa shape index (κ3) is 3.41. The fourth-order valence-electron chi connectivity index (χ4n) is 1.94. The molecule has 19 heavy (non-hydrogen) atoms. The Morgan fingerprint density at radius 3 is 2.84 bits per heavy atom. The summed E-state index contributed by atoms with van der Waals surface area (Å²) in [5.74, 6) is -0.148. The Morgan fingerprint density at radius 2 is 2.21 bits per heavy atom. The van der Waals surface area contributed by atoms with Gasteiger partial charge < -0.3 is 5.32 Å². The fraction of sp³-hybridized carbons (Fsp3) is 0.400. The molecule has 0 bridgehead atoms. The second kappa shape index (κ2) is 5.97. The lowest BCUT2D eigenvalue weighted by atomic mass is 10.1. The fourth-order valence-corrected chi connectivity index (χ4v) is 1.94. The standard InChI is InChI=1S/C15H20FN3/c1-4-19-10-13(9-18-19)8-17-12(3)14-6-5-11(2)15(16)7-14/h5-7,9-10,12,17H,4,8H2,1-3H3. The summed E-state index contributed by atoms with van der Waals surface area (Å²) in [5.41, 5.74) is 2.78. The molecule has 0 saturated carbocycles. The Bertz CT molecular complexity index is 548. The summed E-state index contributed by atoms with van der Waals surface area (Å²) in [6, 6.07) is 5.49. The van der Waals surface area contributed by atoms with Crippen molar-refractivity contribution in [2.24, 2.45) is 0 Å². The molecule has 0 aliphatic heterocycles. The molecule has 1 N–H and O–H groups in total. The molecule has 0 fully saturated rings. The number of aromatic nitrogens is 2. The van der Waals surface area contributed by atoms with E-state index in [9.17, 15) is 4.39 Å². The molecule has 0 amide bonds. The highest BCUT2D eigenvalue weighted by Crippen LogP contribution is 2.16. The zero-order chi connectivity index (χ0) is 13.8. The van der Waals surface area contributed by atoms with Crippen molar-refractivity contribution in [2.45, 2.75) is 39.9 Å². The van der Waals surface area contributed by atoms with Crippen LogP contribution in [0.5, 0.6) is 0 Å². The van der Waals surface area contributed by atoms with Crippen molar-refractivity contribution < 1.29 is 4.39 Å². The van der Waals surface area contributed by atoms with Gasteiger partial charge in [-0.3, -0.25) is 4.68 Å². The number of nitrogens with zero attached hydrogens (tertiary/aromatic N) is 2. The minimum atomic E-state index is -0.148. The first-order valence-corrected chi connectivity index (χ1v) is 6.61. The van der Waals surface area contributed by atoms with E-state index in [1.54, 1.807) is 13.0 Å². The molecule has 0 saturated heterocycles. The van der Waals surface area contributed by atoms with Gasteiger partial charge in [0.25, 0.3) is 0 Å². The van der Waals surface area contributed by atoms with Crippen LogP contribution >= 0.6 is 0 Å². The molecule has 3 nitrogen and oxygen atoms in total. The molecule has 2 rings (SSSR count). The smallest absolute Gasteiger partial charge is 0.126 e. The molecule has 1 atom stereocenters. The van der Waals surface area contributed by atoms with Gasteiger partial charge in [-0.05, 0) is 38.0 Å². The predicted octanol–water partition coefficient (Wildman–Crippen LogP) is 3.20. The normalized spacial score (nSPS) is 12.6. The number of hydrogen-bond acceptors (Lipinski definition) is 2. The van der Waals surface area contributed by atoms with Crippen molar-refractivity contribution in [3.63, 3.8) is 0 Å². The third-order valence-corrected chi connectivity index (χ3v) is 3.32. The van der Waals surface area contributed by atoms with E-state index in [0.717, 1.165) is 24.2 Å². The summed E-state index contributed by atoms with van der Waals surface area (Å²) in [6.07, 6.45) is 3.88. The Hall–Kier alpha value is -1.68. The maximum absolute atomic E-state index is 13.5. The van der Waals surface area contributed by atoms with Crippen molar-refractivity contribution in [3.8, 4) is 0 Å². The van der Waals surface area contributed by atoms with Gasteiger partial charge in [0.1, 0.15) is 5.82 Å². The second-order valence-electron chi connectivity index (χ2n) is 4.82. The van der Waals surface area contributed by atoms with Crippen LogP contribution in [0.3, 0.4) is 0 Å². The topological polar surface area (TPSA) is 29.9 Å². The highest BCUT2D eigenvalue weighted by atomic mass is 19.1. The van der Waals surface area contributed by atoms with Crippen LogP contribution in [0.15, 0.2) is 30.6 Å². The quantitative estimate of drug-likeness (QED) is 0.895. The lowest BCUT2D eigenvalue weighted by molar-refractivity contribution is 0.562. The van der Waals surface area contributed by atoms with E-state index in [-0.39, 0.29) is 11.9 Å². The zero-order valence-electron chi connectivity index (χ0n) is 11.7. The van der Waals surface area contributed by atoms with Gasteiger partial charge in [0, 0.05) is 30.9 Å². The van der Waals surface area contributed by atoms with Crippen LogP contribution in [-0.2, 0) is 13.1 Å². The average Bonchev–Trinajstić information content (AvgIpc) is 2.87. The molecule has 0 radical (unpaired) electrons. The number of rotatable bonds is 5. The Labute approximate surface area is 113 Å². The van der Waals surface area contributed by atoms with Crippen molar-refractivity contribution >= 4 is 0 Å². The lowest BCUT2D eigenvalue weighted by Gasteiger charge is -2.14. The molecule has 0 aliphatic carbocycles. The maximum Gasteiger partial charge on any atom is 0.126 e. The first-order valence-electron chi connectivity index (χ1n) is 6.61. The Balaban J connectivity index is 1.96. The van der Waals surface area contributed by atoms with E-state index < -0.39 is 0 Å². The van der Waals surface area contributed by atoms with Gasteiger partial charge in [0.2, 0.25) is 0 Å². The number of benzene rings is 1. The average molecular weight is 261 g/mol. The molecular formula is C15H20FN3. The number of hydrogen-bond donors (Lipinski definition) is 1. The molecule has 1 unspecified atom stereocenters. The second-order valence-corrected chi connectivity index (χ2v) is 4.82. The van der Waals surface area contributed by atoms with Crippen molar-refractivity contribution in [2.75, 3.05) is 0 Å². The first kappa shape index (κ1) is 13.7. The maximum atomic E-state index is 13.5. The van der Waals surface area contributed by atoms with Crippen LogP contribution in [0.4, 0.5) is 4.39 Å². The number of nitrogens with one attached hydrogen (secondary N) is 1. The molecule has 1 aromatic carbocycles. The van der Waals surface area contributed by atoms with Crippen molar-refractivity contribution in [1.29, 1.82) is 0 Å². The highest BCUT2D eigenvalue weighted by Gasteiger charge is 2.08. The molecule has 1 heterocycles. The van der Waals surface area contributed by atoms with E-state index in [2.05, 4.69) is 17.3 Å². The summed E-state index contributed by atoms with van der Waals surface area (Å²) in [5, 5.41) is 7.61. The Morgan fingerprint density at radius 1 is 1.42 bits per heavy atom. The van der Waals surface area contributed by atoms with Gasteiger partial charge in [0.05, 0.1) is 6.20 Å². The van der Waals surface area contributed by atoms with Gasteiger partial charge in [0.15, 0.2) is 0 Å². The summed E-state index contributed by atoms with van der Waals surface area (Å²) in [6.45, 7) is 7.47. The van der Waals surface area contributed by atoms with Crippen LogP contribution < -0.4 is 5.32 Å². The SMILES string of the molecule is CCn1cc(CNC(C)c2ccc(C)c(F)c2)cn1. The summed E-state index contributed by atoms with van der Waals surface area (Å²) >= 11 is 0. The predicted molar refractivity (Wildman–Crippen MR) is 74.3 cm³/mol. The van der Waals surface area contributed by atoms with Crippen LogP contribution in [-0.4, -0.2) is 9.78 Å². The van der Waals surface area contributed by atoms with Gasteiger partial charge in [-0.2, -0.15) is 5.10 Å². The lowest BCUT2D eigenvalue weighted by Crippen LogP contribution is -2.18. The van der Waals surface area contributed by atoms with E-state index in [1.165, 1.54) is 0 Å². The minimum absolute atomic E-state index is 0.111. The number of halogens is 1. The van der Waals surface area contributed by atoms with Crippen LogP contribution in [0.25, 0.3) is 0 Å². The zero-order valence-corrected chi connectivity index (χ0v) is 11.7. The summed E-state index contributed by atoms with van der Waals surface area (Å²) in [4.78, 5) is 0. The first-order chi connectivity index (χ1) is 9.10.